The van der Waals surface area contributed by atoms with Crippen LogP contribution in [0.3, 0.4) is 0 Å². The zero-order valence-corrected chi connectivity index (χ0v) is 10.5. The molecule has 0 amide bonds. The van der Waals surface area contributed by atoms with Crippen molar-refractivity contribution >= 4 is 9.84 Å². The van der Waals surface area contributed by atoms with Gasteiger partial charge in [0.1, 0.15) is 0 Å². The van der Waals surface area contributed by atoms with E-state index in [0.717, 1.165) is 12.8 Å². The molecule has 2 aliphatic rings. The molecule has 1 heterocycles. The van der Waals surface area contributed by atoms with Crippen molar-refractivity contribution in [2.24, 2.45) is 17.6 Å². The van der Waals surface area contributed by atoms with Gasteiger partial charge in [-0.2, -0.15) is 0 Å². The topological polar surface area (TPSA) is 60.2 Å². The quantitative estimate of drug-likeness (QED) is 0.818. The lowest BCUT2D eigenvalue weighted by molar-refractivity contribution is 0.329. The first-order valence-electron chi connectivity index (χ1n) is 6.11. The van der Waals surface area contributed by atoms with Crippen LogP contribution in [-0.2, 0) is 16.3 Å². The van der Waals surface area contributed by atoms with Crippen molar-refractivity contribution in [2.45, 2.75) is 18.9 Å². The molecule has 3 unspecified atom stereocenters. The van der Waals surface area contributed by atoms with Gasteiger partial charge in [0.2, 0.25) is 0 Å². The van der Waals surface area contributed by atoms with Gasteiger partial charge >= 0.3 is 0 Å². The molecule has 1 aromatic rings. The summed E-state index contributed by atoms with van der Waals surface area (Å²) in [5.41, 5.74) is 8.77. The minimum absolute atomic E-state index is 0.0181. The van der Waals surface area contributed by atoms with Gasteiger partial charge < -0.3 is 5.73 Å². The van der Waals surface area contributed by atoms with Crippen LogP contribution < -0.4 is 5.73 Å². The van der Waals surface area contributed by atoms with E-state index in [1.165, 1.54) is 11.1 Å². The summed E-state index contributed by atoms with van der Waals surface area (Å²) in [7, 11) is -2.80. The van der Waals surface area contributed by atoms with Gasteiger partial charge in [0.15, 0.2) is 9.84 Å². The van der Waals surface area contributed by atoms with Crippen molar-refractivity contribution in [1.29, 1.82) is 0 Å². The minimum Gasteiger partial charge on any atom is -0.324 e. The molecule has 1 aliphatic carbocycles. The summed E-state index contributed by atoms with van der Waals surface area (Å²) in [4.78, 5) is 0. The molecule has 0 saturated carbocycles. The lowest BCUT2D eigenvalue weighted by Gasteiger charge is -2.21. The van der Waals surface area contributed by atoms with Crippen molar-refractivity contribution in [3.63, 3.8) is 0 Å². The average Bonchev–Trinajstić information content (AvgIpc) is 2.81. The number of hydrogen-bond acceptors (Lipinski definition) is 3. The number of benzene rings is 1. The molecular weight excluding hydrogens is 234 g/mol. The Hall–Kier alpha value is -0.870. The smallest absolute Gasteiger partial charge is 0.150 e. The summed E-state index contributed by atoms with van der Waals surface area (Å²) in [6.45, 7) is 0. The molecule has 0 radical (unpaired) electrons. The highest BCUT2D eigenvalue weighted by molar-refractivity contribution is 7.91. The summed E-state index contributed by atoms with van der Waals surface area (Å²) < 4.78 is 23.1. The van der Waals surface area contributed by atoms with Gasteiger partial charge in [0.25, 0.3) is 0 Å². The van der Waals surface area contributed by atoms with E-state index >= 15 is 0 Å². The molecule has 1 fully saturated rings. The van der Waals surface area contributed by atoms with E-state index in [9.17, 15) is 8.42 Å². The Morgan fingerprint density at radius 3 is 2.65 bits per heavy atom. The minimum atomic E-state index is -2.80. The third kappa shape index (κ3) is 1.89. The molecule has 4 heteroatoms. The van der Waals surface area contributed by atoms with Gasteiger partial charge in [-0.25, -0.2) is 8.42 Å². The van der Waals surface area contributed by atoms with E-state index in [1.807, 2.05) is 12.1 Å². The van der Waals surface area contributed by atoms with Crippen molar-refractivity contribution < 1.29 is 8.42 Å². The second-order valence-electron chi connectivity index (χ2n) is 5.26. The highest BCUT2D eigenvalue weighted by atomic mass is 32.2. The fourth-order valence-corrected chi connectivity index (χ4v) is 5.17. The van der Waals surface area contributed by atoms with Crippen LogP contribution in [0.1, 0.15) is 23.6 Å². The fraction of sp³-hybridized carbons (Fsp3) is 0.538. The van der Waals surface area contributed by atoms with Crippen molar-refractivity contribution in [3.8, 4) is 0 Å². The average molecular weight is 251 g/mol. The molecule has 1 saturated heterocycles. The van der Waals surface area contributed by atoms with Crippen molar-refractivity contribution in [1.82, 2.24) is 0 Å². The predicted molar refractivity (Wildman–Crippen MR) is 67.3 cm³/mol. The van der Waals surface area contributed by atoms with Crippen molar-refractivity contribution in [2.75, 3.05) is 11.5 Å². The molecule has 3 nitrogen and oxygen atoms in total. The van der Waals surface area contributed by atoms with Gasteiger partial charge in [-0.3, -0.25) is 0 Å². The maximum atomic E-state index is 11.5. The van der Waals surface area contributed by atoms with Crippen LogP contribution in [0.15, 0.2) is 24.3 Å². The molecule has 92 valence electrons. The van der Waals surface area contributed by atoms with Crippen LogP contribution in [0.4, 0.5) is 0 Å². The third-order valence-corrected chi connectivity index (χ3v) is 6.00. The number of rotatable bonds is 1. The zero-order chi connectivity index (χ0) is 12.0. The van der Waals surface area contributed by atoms with Gasteiger partial charge in [0, 0.05) is 6.04 Å². The molecular formula is C13H17NO2S. The van der Waals surface area contributed by atoms with Crippen LogP contribution in [0.5, 0.6) is 0 Å². The zero-order valence-electron chi connectivity index (χ0n) is 9.67. The van der Waals surface area contributed by atoms with E-state index in [4.69, 9.17) is 5.73 Å². The van der Waals surface area contributed by atoms with Gasteiger partial charge in [-0.15, -0.1) is 0 Å². The Morgan fingerprint density at radius 2 is 2.00 bits per heavy atom. The number of sulfone groups is 1. The van der Waals surface area contributed by atoms with E-state index in [-0.39, 0.29) is 12.0 Å². The summed E-state index contributed by atoms with van der Waals surface area (Å²) >= 11 is 0. The van der Waals surface area contributed by atoms with Crippen LogP contribution in [-0.4, -0.2) is 19.9 Å². The summed E-state index contributed by atoms with van der Waals surface area (Å²) in [6.07, 6.45) is 1.73. The standard InChI is InChI=1S/C13H17NO2S/c14-13-11-4-2-1-3-9(11)7-12(13)10-5-6-17(15,16)8-10/h1-4,10,12-13H,5-8,14H2. The molecule has 17 heavy (non-hydrogen) atoms. The second kappa shape index (κ2) is 3.82. The molecule has 3 atom stereocenters. The maximum absolute atomic E-state index is 11.5. The van der Waals surface area contributed by atoms with Crippen LogP contribution in [0.2, 0.25) is 0 Å². The molecule has 3 rings (SSSR count). The summed E-state index contributed by atoms with van der Waals surface area (Å²) in [6, 6.07) is 8.23. The van der Waals surface area contributed by atoms with Crippen LogP contribution in [0, 0.1) is 11.8 Å². The number of nitrogens with two attached hydrogens (primary N) is 1. The molecule has 1 aliphatic heterocycles. The molecule has 1 aromatic carbocycles. The monoisotopic (exact) mass is 251 g/mol. The predicted octanol–water partition coefficient (Wildman–Crippen LogP) is 1.29. The summed E-state index contributed by atoms with van der Waals surface area (Å²) in [5, 5.41) is 0. The first kappa shape index (κ1) is 11.2. The Balaban J connectivity index is 1.85. The SMILES string of the molecule is NC1c2ccccc2CC1C1CCS(=O)(=O)C1. The van der Waals surface area contributed by atoms with E-state index in [0.29, 0.717) is 17.4 Å². The molecule has 0 aromatic heterocycles. The Morgan fingerprint density at radius 1 is 1.24 bits per heavy atom. The lowest BCUT2D eigenvalue weighted by atomic mass is 9.86. The lowest BCUT2D eigenvalue weighted by Crippen LogP contribution is -2.25. The Kier molecular flexibility index (Phi) is 2.52. The second-order valence-corrected chi connectivity index (χ2v) is 7.48. The normalized spacial score (nSPS) is 34.8. The summed E-state index contributed by atoms with van der Waals surface area (Å²) in [5.74, 6) is 1.24. The highest BCUT2D eigenvalue weighted by Crippen LogP contribution is 2.42. The third-order valence-electron chi connectivity index (χ3n) is 4.20. The number of hydrogen-bond donors (Lipinski definition) is 1. The molecule has 0 spiro atoms. The Bertz CT molecular complexity index is 538. The van der Waals surface area contributed by atoms with E-state index in [2.05, 4.69) is 12.1 Å². The molecule has 2 N–H and O–H groups in total. The van der Waals surface area contributed by atoms with Crippen molar-refractivity contribution in [3.05, 3.63) is 35.4 Å². The fourth-order valence-electron chi connectivity index (χ4n) is 3.28. The first-order chi connectivity index (χ1) is 8.07. The van der Waals surface area contributed by atoms with Gasteiger partial charge in [0.05, 0.1) is 11.5 Å². The van der Waals surface area contributed by atoms with E-state index in [1.54, 1.807) is 0 Å². The van der Waals surface area contributed by atoms with Crippen LogP contribution in [0.25, 0.3) is 0 Å². The first-order valence-corrected chi connectivity index (χ1v) is 7.93. The largest absolute Gasteiger partial charge is 0.324 e. The van der Waals surface area contributed by atoms with Gasteiger partial charge in [-0.05, 0) is 35.8 Å². The number of fused-ring (bicyclic) bond motifs is 1. The van der Waals surface area contributed by atoms with E-state index < -0.39 is 9.84 Å². The maximum Gasteiger partial charge on any atom is 0.150 e. The van der Waals surface area contributed by atoms with Crippen LogP contribution >= 0.6 is 0 Å². The van der Waals surface area contributed by atoms with Gasteiger partial charge in [-0.1, -0.05) is 24.3 Å². The molecule has 0 bridgehead atoms. The Labute approximate surface area is 102 Å². The highest BCUT2D eigenvalue weighted by Gasteiger charge is 2.40.